The van der Waals surface area contributed by atoms with Crippen LogP contribution in [0.3, 0.4) is 0 Å². The first-order valence-electron chi connectivity index (χ1n) is 6.10. The molecule has 0 saturated carbocycles. The SMILES string of the molecule is COC(C)CNC(=O)c1ccc(C)cc1C#CCO. The Morgan fingerprint density at radius 2 is 2.26 bits per heavy atom. The number of hydrogen-bond acceptors (Lipinski definition) is 3. The summed E-state index contributed by atoms with van der Waals surface area (Å²) in [6.45, 7) is 4.02. The van der Waals surface area contributed by atoms with Gasteiger partial charge in [-0.15, -0.1) is 0 Å². The lowest BCUT2D eigenvalue weighted by Gasteiger charge is -2.12. The van der Waals surface area contributed by atoms with Crippen LogP contribution in [0.25, 0.3) is 0 Å². The highest BCUT2D eigenvalue weighted by Gasteiger charge is 2.11. The number of aliphatic hydroxyl groups excluding tert-OH is 1. The lowest BCUT2D eigenvalue weighted by Crippen LogP contribution is -2.32. The van der Waals surface area contributed by atoms with Crippen molar-refractivity contribution in [2.45, 2.75) is 20.0 Å². The van der Waals surface area contributed by atoms with Crippen LogP contribution in [0.2, 0.25) is 0 Å². The number of carbonyl (C=O) groups is 1. The molecule has 1 unspecified atom stereocenters. The minimum absolute atomic E-state index is 0.0404. The molecule has 0 aromatic heterocycles. The molecule has 1 rings (SSSR count). The number of methoxy groups -OCH3 is 1. The summed E-state index contributed by atoms with van der Waals surface area (Å²) in [5.41, 5.74) is 2.15. The monoisotopic (exact) mass is 261 g/mol. The summed E-state index contributed by atoms with van der Waals surface area (Å²) in [6.07, 6.45) is -0.0404. The van der Waals surface area contributed by atoms with Crippen molar-refractivity contribution in [2.75, 3.05) is 20.3 Å². The average Bonchev–Trinajstić information content (AvgIpc) is 2.42. The van der Waals surface area contributed by atoms with Crippen LogP contribution in [-0.4, -0.2) is 37.4 Å². The van der Waals surface area contributed by atoms with E-state index in [4.69, 9.17) is 9.84 Å². The van der Waals surface area contributed by atoms with Crippen LogP contribution in [0.4, 0.5) is 0 Å². The fourth-order valence-corrected chi connectivity index (χ4v) is 1.51. The van der Waals surface area contributed by atoms with Crippen molar-refractivity contribution in [3.8, 4) is 11.8 Å². The van der Waals surface area contributed by atoms with Gasteiger partial charge >= 0.3 is 0 Å². The quantitative estimate of drug-likeness (QED) is 0.798. The maximum absolute atomic E-state index is 12.1. The van der Waals surface area contributed by atoms with E-state index in [1.165, 1.54) is 0 Å². The Balaban J connectivity index is 2.89. The van der Waals surface area contributed by atoms with Gasteiger partial charge < -0.3 is 15.2 Å². The molecule has 0 saturated heterocycles. The molecule has 0 aliphatic carbocycles. The van der Waals surface area contributed by atoms with E-state index in [0.29, 0.717) is 17.7 Å². The third-order valence-corrected chi connectivity index (χ3v) is 2.67. The lowest BCUT2D eigenvalue weighted by atomic mass is 10.0. The number of nitrogens with one attached hydrogen (secondary N) is 1. The summed E-state index contributed by atoms with van der Waals surface area (Å²) >= 11 is 0. The zero-order valence-corrected chi connectivity index (χ0v) is 11.5. The van der Waals surface area contributed by atoms with Crippen molar-refractivity contribution in [3.05, 3.63) is 34.9 Å². The molecule has 2 N–H and O–H groups in total. The van der Waals surface area contributed by atoms with E-state index in [1.54, 1.807) is 13.2 Å². The molecule has 1 amide bonds. The lowest BCUT2D eigenvalue weighted by molar-refractivity contribution is 0.0870. The normalized spacial score (nSPS) is 11.4. The maximum Gasteiger partial charge on any atom is 0.252 e. The second kappa shape index (κ2) is 7.57. The van der Waals surface area contributed by atoms with Gasteiger partial charge in [0.05, 0.1) is 11.7 Å². The van der Waals surface area contributed by atoms with Crippen LogP contribution in [0.5, 0.6) is 0 Å². The molecule has 19 heavy (non-hydrogen) atoms. The number of rotatable bonds is 4. The summed E-state index contributed by atoms with van der Waals surface area (Å²) < 4.78 is 5.07. The molecular weight excluding hydrogens is 242 g/mol. The van der Waals surface area contributed by atoms with Crippen molar-refractivity contribution in [3.63, 3.8) is 0 Å². The molecule has 0 spiro atoms. The van der Waals surface area contributed by atoms with E-state index in [2.05, 4.69) is 17.2 Å². The van der Waals surface area contributed by atoms with Gasteiger partial charge in [-0.2, -0.15) is 0 Å². The van der Waals surface area contributed by atoms with Gasteiger partial charge in [0, 0.05) is 19.2 Å². The zero-order chi connectivity index (χ0) is 14.3. The van der Waals surface area contributed by atoms with Gasteiger partial charge in [0.1, 0.15) is 6.61 Å². The first kappa shape index (κ1) is 15.2. The Bertz CT molecular complexity index is 500. The number of carbonyl (C=O) groups excluding carboxylic acids is 1. The minimum atomic E-state index is -0.226. The van der Waals surface area contributed by atoms with Crippen molar-refractivity contribution in [1.82, 2.24) is 5.32 Å². The molecule has 1 atom stereocenters. The van der Waals surface area contributed by atoms with E-state index < -0.39 is 0 Å². The van der Waals surface area contributed by atoms with Gasteiger partial charge in [-0.05, 0) is 31.5 Å². The Morgan fingerprint density at radius 1 is 1.53 bits per heavy atom. The summed E-state index contributed by atoms with van der Waals surface area (Å²) in [4.78, 5) is 12.1. The van der Waals surface area contributed by atoms with Crippen LogP contribution < -0.4 is 5.32 Å². The van der Waals surface area contributed by atoms with Gasteiger partial charge in [0.25, 0.3) is 5.91 Å². The van der Waals surface area contributed by atoms with Gasteiger partial charge in [-0.25, -0.2) is 0 Å². The number of amides is 1. The molecule has 0 aliphatic rings. The largest absolute Gasteiger partial charge is 0.384 e. The van der Waals surface area contributed by atoms with Crippen molar-refractivity contribution in [1.29, 1.82) is 0 Å². The second-order valence-corrected chi connectivity index (χ2v) is 4.27. The predicted molar refractivity (Wildman–Crippen MR) is 73.9 cm³/mol. The van der Waals surface area contributed by atoms with E-state index in [0.717, 1.165) is 5.56 Å². The first-order valence-corrected chi connectivity index (χ1v) is 6.10. The molecule has 0 bridgehead atoms. The fourth-order valence-electron chi connectivity index (χ4n) is 1.51. The highest BCUT2D eigenvalue weighted by molar-refractivity contribution is 5.96. The molecular formula is C15H19NO3. The van der Waals surface area contributed by atoms with Crippen LogP contribution in [0, 0.1) is 18.8 Å². The summed E-state index contributed by atoms with van der Waals surface area (Å²) in [6, 6.07) is 5.43. The minimum Gasteiger partial charge on any atom is -0.384 e. The molecule has 102 valence electrons. The molecule has 0 fully saturated rings. The zero-order valence-electron chi connectivity index (χ0n) is 11.5. The van der Waals surface area contributed by atoms with Gasteiger partial charge in [0.15, 0.2) is 0 Å². The van der Waals surface area contributed by atoms with Crippen molar-refractivity contribution < 1.29 is 14.6 Å². The van der Waals surface area contributed by atoms with Crippen LogP contribution in [-0.2, 0) is 4.74 Å². The number of aryl methyl sites for hydroxylation is 1. The standard InChI is InChI=1S/C15H19NO3/c1-11-6-7-14(13(9-11)5-4-8-17)15(18)16-10-12(2)19-3/h6-7,9,12,17H,8,10H2,1-3H3,(H,16,18). The number of aliphatic hydroxyl groups is 1. The second-order valence-electron chi connectivity index (χ2n) is 4.27. The van der Waals surface area contributed by atoms with E-state index in [9.17, 15) is 4.79 Å². The maximum atomic E-state index is 12.1. The van der Waals surface area contributed by atoms with Crippen LogP contribution in [0.15, 0.2) is 18.2 Å². The third kappa shape index (κ3) is 4.74. The molecule has 0 heterocycles. The van der Waals surface area contributed by atoms with Gasteiger partial charge in [0.2, 0.25) is 0 Å². The first-order chi connectivity index (χ1) is 9.08. The highest BCUT2D eigenvalue weighted by Crippen LogP contribution is 2.10. The summed E-state index contributed by atoms with van der Waals surface area (Å²) in [5, 5.41) is 11.5. The smallest absolute Gasteiger partial charge is 0.252 e. The van der Waals surface area contributed by atoms with Gasteiger partial charge in [-0.1, -0.05) is 17.9 Å². The van der Waals surface area contributed by atoms with Crippen LogP contribution in [0.1, 0.15) is 28.4 Å². The number of ether oxygens (including phenoxy) is 1. The van der Waals surface area contributed by atoms with Crippen LogP contribution >= 0.6 is 0 Å². The topological polar surface area (TPSA) is 58.6 Å². The van der Waals surface area contributed by atoms with E-state index in [1.807, 2.05) is 26.0 Å². The number of hydrogen-bond donors (Lipinski definition) is 2. The van der Waals surface area contributed by atoms with Crippen molar-refractivity contribution in [2.24, 2.45) is 0 Å². The molecule has 0 radical (unpaired) electrons. The van der Waals surface area contributed by atoms with Gasteiger partial charge in [-0.3, -0.25) is 4.79 Å². The summed E-state index contributed by atoms with van der Waals surface area (Å²) in [7, 11) is 1.60. The molecule has 4 nitrogen and oxygen atoms in total. The predicted octanol–water partition coefficient (Wildman–Crippen LogP) is 1.10. The third-order valence-electron chi connectivity index (χ3n) is 2.67. The Morgan fingerprint density at radius 3 is 2.89 bits per heavy atom. The molecule has 0 aliphatic heterocycles. The van der Waals surface area contributed by atoms with Crippen molar-refractivity contribution >= 4 is 5.91 Å². The molecule has 1 aromatic carbocycles. The van der Waals surface area contributed by atoms with E-state index >= 15 is 0 Å². The Hall–Kier alpha value is -1.83. The fraction of sp³-hybridized carbons (Fsp3) is 0.400. The highest BCUT2D eigenvalue weighted by atomic mass is 16.5. The molecule has 4 heteroatoms. The molecule has 1 aromatic rings. The number of benzene rings is 1. The Labute approximate surface area is 113 Å². The summed E-state index contributed by atoms with van der Waals surface area (Å²) in [5.74, 6) is 5.17. The average molecular weight is 261 g/mol. The Kier molecular flexibility index (Phi) is 6.07. The van der Waals surface area contributed by atoms with E-state index in [-0.39, 0.29) is 18.6 Å².